The Balaban J connectivity index is 0.000000307. The minimum atomic E-state index is -0.404. The molecule has 3 heteroatoms. The minimum absolute atomic E-state index is 0.162. The van der Waals surface area contributed by atoms with Crippen LogP contribution in [0.5, 0.6) is 5.75 Å². The molecule has 0 amide bonds. The van der Waals surface area contributed by atoms with E-state index in [0.29, 0.717) is 16.9 Å². The second kappa shape index (κ2) is 13.8. The number of phenolic OH excluding ortho intramolecular Hbond substituents is 1. The number of hydrogen-bond acceptors (Lipinski definition) is 1. The maximum atomic E-state index is 13.6. The Morgan fingerprint density at radius 1 is 0.743 bits per heavy atom. The molecule has 0 atom stereocenters. The molecule has 0 heterocycles. The van der Waals surface area contributed by atoms with E-state index in [1.807, 2.05) is 45.9 Å². The van der Waals surface area contributed by atoms with Gasteiger partial charge in [0.2, 0.25) is 0 Å². The van der Waals surface area contributed by atoms with E-state index in [4.69, 9.17) is 12.8 Å². The molecule has 0 saturated carbocycles. The molecule has 0 radical (unpaired) electrons. The molecule has 0 spiro atoms. The number of halogens is 2. The summed E-state index contributed by atoms with van der Waals surface area (Å²) >= 11 is 0. The monoisotopic (exact) mass is 472 g/mol. The van der Waals surface area contributed by atoms with Crippen molar-refractivity contribution in [2.24, 2.45) is 0 Å². The molecule has 0 unspecified atom stereocenters. The Morgan fingerprint density at radius 3 is 1.77 bits per heavy atom. The van der Waals surface area contributed by atoms with Crippen molar-refractivity contribution in [3.05, 3.63) is 88.5 Å². The highest BCUT2D eigenvalue weighted by molar-refractivity contribution is 5.92. The highest BCUT2D eigenvalue weighted by atomic mass is 19.1. The van der Waals surface area contributed by atoms with Crippen LogP contribution in [0.3, 0.4) is 0 Å². The molecule has 1 N–H and O–H groups in total. The van der Waals surface area contributed by atoms with E-state index in [1.54, 1.807) is 31.2 Å². The number of phenols is 1. The molecule has 4 aromatic rings. The zero-order valence-electron chi connectivity index (χ0n) is 21.6. The van der Waals surface area contributed by atoms with Crippen LogP contribution in [0.2, 0.25) is 0 Å². The Labute approximate surface area is 208 Å². The van der Waals surface area contributed by atoms with Crippen molar-refractivity contribution in [3.63, 3.8) is 0 Å². The van der Waals surface area contributed by atoms with Gasteiger partial charge in [0.1, 0.15) is 17.4 Å². The summed E-state index contributed by atoms with van der Waals surface area (Å²) in [6.07, 6.45) is 10.7. The number of rotatable bonds is 1. The van der Waals surface area contributed by atoms with Gasteiger partial charge in [-0.15, -0.1) is 12.8 Å². The van der Waals surface area contributed by atoms with E-state index in [-0.39, 0.29) is 17.1 Å². The third-order valence-corrected chi connectivity index (χ3v) is 5.19. The molecule has 4 aromatic carbocycles. The lowest BCUT2D eigenvalue weighted by Crippen LogP contribution is -1.94. The Hall–Kier alpha value is -3.82. The Morgan fingerprint density at radius 2 is 1.26 bits per heavy atom. The Kier molecular flexibility index (Phi) is 11.5. The van der Waals surface area contributed by atoms with E-state index >= 15 is 0 Å². The maximum absolute atomic E-state index is 13.6. The second-order valence-electron chi connectivity index (χ2n) is 7.59. The van der Waals surface area contributed by atoms with Crippen molar-refractivity contribution in [2.45, 2.75) is 54.4 Å². The normalized spacial score (nSPS) is 9.60. The quantitative estimate of drug-likeness (QED) is 0.274. The van der Waals surface area contributed by atoms with E-state index < -0.39 is 5.82 Å². The molecular formula is C32H34F2O. The standard InChI is InChI=1S/C15H13F.C13H9FO.2C2H6/c1-4-12-14(16)9-8-11-6-5-7-13(10(2)3)15(11)12;1-3-11-12(14)5-4-9-7-10(15)6-8(2)13(9)11;2*1-2/h1,5-10H,2-3H3;1,4-7,15H,2H3;2*1-2H3. The van der Waals surface area contributed by atoms with E-state index in [0.717, 1.165) is 27.3 Å². The summed E-state index contributed by atoms with van der Waals surface area (Å²) in [4.78, 5) is 0. The van der Waals surface area contributed by atoms with Crippen LogP contribution in [0.1, 0.15) is 69.7 Å². The van der Waals surface area contributed by atoms with Gasteiger partial charge >= 0.3 is 0 Å². The molecule has 0 aromatic heterocycles. The smallest absolute Gasteiger partial charge is 0.139 e. The van der Waals surface area contributed by atoms with E-state index in [1.165, 1.54) is 12.1 Å². The molecule has 182 valence electrons. The second-order valence-corrected chi connectivity index (χ2v) is 7.59. The molecular weight excluding hydrogens is 438 g/mol. The number of terminal acetylenes is 2. The molecule has 35 heavy (non-hydrogen) atoms. The molecule has 4 rings (SSSR count). The van der Waals surface area contributed by atoms with Crippen LogP contribution in [-0.2, 0) is 0 Å². The first-order valence-electron chi connectivity index (χ1n) is 11.8. The molecule has 0 aliphatic carbocycles. The van der Waals surface area contributed by atoms with Gasteiger partial charge in [-0.3, -0.25) is 0 Å². The molecule has 1 nitrogen and oxygen atoms in total. The highest BCUT2D eigenvalue weighted by Gasteiger charge is 2.11. The molecule has 0 bridgehead atoms. The minimum Gasteiger partial charge on any atom is -0.508 e. The summed E-state index contributed by atoms with van der Waals surface area (Å²) in [6, 6.07) is 15.2. The first-order valence-corrected chi connectivity index (χ1v) is 11.8. The zero-order chi connectivity index (χ0) is 26.7. The number of hydrogen-bond donors (Lipinski definition) is 1. The summed E-state index contributed by atoms with van der Waals surface area (Å²) in [5, 5.41) is 12.7. The van der Waals surface area contributed by atoms with Gasteiger partial charge in [-0.1, -0.05) is 83.7 Å². The van der Waals surface area contributed by atoms with Gasteiger partial charge in [0, 0.05) is 10.8 Å². The zero-order valence-corrected chi connectivity index (χ0v) is 21.6. The predicted molar refractivity (Wildman–Crippen MR) is 147 cm³/mol. The van der Waals surface area contributed by atoms with Crippen LogP contribution >= 0.6 is 0 Å². The lowest BCUT2D eigenvalue weighted by Gasteiger charge is -2.12. The van der Waals surface area contributed by atoms with Crippen molar-refractivity contribution < 1.29 is 13.9 Å². The summed E-state index contributed by atoms with van der Waals surface area (Å²) < 4.78 is 27.0. The van der Waals surface area contributed by atoms with Gasteiger partial charge < -0.3 is 5.11 Å². The van der Waals surface area contributed by atoms with Crippen LogP contribution in [0.4, 0.5) is 8.78 Å². The van der Waals surface area contributed by atoms with Gasteiger partial charge in [0.05, 0.1) is 11.1 Å². The van der Waals surface area contributed by atoms with Crippen LogP contribution in [-0.4, -0.2) is 5.11 Å². The Bertz CT molecular complexity index is 1370. The fourth-order valence-corrected chi connectivity index (χ4v) is 3.78. The molecule has 0 aliphatic heterocycles. The first-order chi connectivity index (χ1) is 16.8. The van der Waals surface area contributed by atoms with Crippen LogP contribution in [0.15, 0.2) is 54.6 Å². The number of fused-ring (bicyclic) bond motifs is 2. The van der Waals surface area contributed by atoms with Crippen LogP contribution in [0, 0.1) is 43.2 Å². The third-order valence-electron chi connectivity index (χ3n) is 5.19. The first kappa shape index (κ1) is 29.2. The summed E-state index contributed by atoms with van der Waals surface area (Å²) in [7, 11) is 0. The summed E-state index contributed by atoms with van der Waals surface area (Å²) in [6.45, 7) is 14.0. The SMILES string of the molecule is C#Cc1c(F)ccc2cc(O)cc(C)c12.C#Cc1c(F)ccc2cccc(C(C)C)c12.CC.CC. The lowest BCUT2D eigenvalue weighted by atomic mass is 9.93. The third kappa shape index (κ3) is 6.62. The molecule has 0 fully saturated rings. The number of aryl methyl sites for hydroxylation is 1. The average Bonchev–Trinajstić information content (AvgIpc) is 2.86. The van der Waals surface area contributed by atoms with Crippen molar-refractivity contribution in [1.29, 1.82) is 0 Å². The fourth-order valence-electron chi connectivity index (χ4n) is 3.78. The van der Waals surface area contributed by atoms with Gasteiger partial charge in [0.15, 0.2) is 0 Å². The topological polar surface area (TPSA) is 20.2 Å². The fraction of sp³-hybridized carbons (Fsp3) is 0.250. The van der Waals surface area contributed by atoms with Gasteiger partial charge in [-0.2, -0.15) is 0 Å². The van der Waals surface area contributed by atoms with E-state index in [2.05, 4.69) is 25.7 Å². The van der Waals surface area contributed by atoms with Crippen molar-refractivity contribution >= 4 is 21.5 Å². The largest absolute Gasteiger partial charge is 0.508 e. The number of benzene rings is 4. The lowest BCUT2D eigenvalue weighted by molar-refractivity contribution is 0.476. The van der Waals surface area contributed by atoms with Crippen molar-refractivity contribution in [1.82, 2.24) is 0 Å². The predicted octanol–water partition coefficient (Wildman–Crippen LogP) is 9.11. The molecule has 0 saturated heterocycles. The molecule has 0 aliphatic rings. The van der Waals surface area contributed by atoms with Crippen molar-refractivity contribution in [2.75, 3.05) is 0 Å². The van der Waals surface area contributed by atoms with Gasteiger partial charge in [-0.25, -0.2) is 8.78 Å². The van der Waals surface area contributed by atoms with Crippen LogP contribution in [0.25, 0.3) is 21.5 Å². The highest BCUT2D eigenvalue weighted by Crippen LogP contribution is 2.30. The van der Waals surface area contributed by atoms with Gasteiger partial charge in [-0.05, 0) is 59.0 Å². The average molecular weight is 473 g/mol. The van der Waals surface area contributed by atoms with Crippen molar-refractivity contribution in [3.8, 4) is 30.4 Å². The van der Waals surface area contributed by atoms with Gasteiger partial charge in [0.25, 0.3) is 0 Å². The number of aromatic hydroxyl groups is 1. The van der Waals surface area contributed by atoms with E-state index in [9.17, 15) is 13.9 Å². The summed E-state index contributed by atoms with van der Waals surface area (Å²) in [5.41, 5.74) is 2.51. The maximum Gasteiger partial charge on any atom is 0.139 e. The van der Waals surface area contributed by atoms with Crippen LogP contribution < -0.4 is 0 Å². The summed E-state index contributed by atoms with van der Waals surface area (Å²) in [5.74, 6) is 4.57.